The Morgan fingerprint density at radius 1 is 0.565 bits per heavy atom. The molecule has 1 heteroatoms. The summed E-state index contributed by atoms with van der Waals surface area (Å²) in [5.41, 5.74) is 6.23. The van der Waals surface area contributed by atoms with E-state index in [1.807, 2.05) is 6.07 Å². The molecule has 0 aliphatic heterocycles. The molecule has 0 spiro atoms. The van der Waals surface area contributed by atoms with Crippen molar-refractivity contribution in [2.24, 2.45) is 0 Å². The minimum atomic E-state index is 0.605. The summed E-state index contributed by atoms with van der Waals surface area (Å²) in [4.78, 5) is 0. The first-order chi connectivity index (χ1) is 11.4. The highest BCUT2D eigenvalue weighted by Crippen LogP contribution is 2.34. The molecule has 0 N–H and O–H groups in total. The number of allylic oxidation sites excluding steroid dienone is 1. The number of hydrogen-bond donors (Lipinski definition) is 0. The van der Waals surface area contributed by atoms with Crippen LogP contribution in [-0.2, 0) is 0 Å². The van der Waals surface area contributed by atoms with Gasteiger partial charge in [-0.25, -0.2) is 0 Å². The second kappa shape index (κ2) is 7.80. The summed E-state index contributed by atoms with van der Waals surface area (Å²) >= 11 is 6.13. The lowest BCUT2D eigenvalue weighted by Gasteiger charge is -2.16. The molecule has 3 aromatic carbocycles. The molecule has 3 rings (SSSR count). The largest absolute Gasteiger partial charge is 0.126 e. The molecule has 0 saturated carbocycles. The maximum atomic E-state index is 6.13. The van der Waals surface area contributed by atoms with Gasteiger partial charge in [0.25, 0.3) is 0 Å². The van der Waals surface area contributed by atoms with Crippen LogP contribution in [0.4, 0.5) is 0 Å². The molecule has 0 aliphatic rings. The summed E-state index contributed by atoms with van der Waals surface area (Å²) in [5.74, 6) is 0.605. The van der Waals surface area contributed by atoms with Crippen LogP contribution >= 0.6 is 11.6 Å². The molecular weight excluding hydrogens is 300 g/mol. The zero-order chi connectivity index (χ0) is 15.9. The molecule has 0 nitrogen and oxygen atoms in total. The van der Waals surface area contributed by atoms with Crippen LogP contribution in [0.2, 0.25) is 0 Å². The fourth-order valence-electron chi connectivity index (χ4n) is 2.87. The molecule has 0 aromatic heterocycles. The van der Waals surface area contributed by atoms with Gasteiger partial charge in [-0.2, -0.15) is 0 Å². The van der Waals surface area contributed by atoms with Gasteiger partial charge in [0.15, 0.2) is 0 Å². The first-order valence-electron chi connectivity index (χ1n) is 7.85. The lowest BCUT2D eigenvalue weighted by atomic mass is 9.88. The molecule has 0 bridgehead atoms. The minimum absolute atomic E-state index is 0.605. The third-order valence-corrected chi connectivity index (χ3v) is 4.08. The van der Waals surface area contributed by atoms with E-state index in [4.69, 9.17) is 11.6 Å². The highest BCUT2D eigenvalue weighted by Gasteiger charge is 2.13. The summed E-state index contributed by atoms with van der Waals surface area (Å²) in [5, 5.41) is 0. The van der Waals surface area contributed by atoms with Gasteiger partial charge in [0, 0.05) is 5.88 Å². The van der Waals surface area contributed by atoms with Gasteiger partial charge < -0.3 is 0 Å². The van der Waals surface area contributed by atoms with Gasteiger partial charge in [0.05, 0.1) is 0 Å². The second-order valence-corrected chi connectivity index (χ2v) is 5.77. The van der Waals surface area contributed by atoms with Crippen molar-refractivity contribution in [1.29, 1.82) is 0 Å². The standard InChI is InChI=1S/C22H19Cl/c23-17-16-21(18-10-4-1-5-11-18)22(19-12-6-2-7-13-19)20-14-8-3-9-15-20/h1-15H,16-17H2. The Bertz CT molecular complexity index is 717. The predicted molar refractivity (Wildman–Crippen MR) is 101 cm³/mol. The zero-order valence-corrected chi connectivity index (χ0v) is 13.7. The summed E-state index contributed by atoms with van der Waals surface area (Å²) in [6.45, 7) is 0. The Hall–Kier alpha value is -2.31. The van der Waals surface area contributed by atoms with Crippen LogP contribution in [0.25, 0.3) is 11.1 Å². The molecule has 0 heterocycles. The number of rotatable bonds is 5. The quantitative estimate of drug-likeness (QED) is 0.384. The number of hydrogen-bond acceptors (Lipinski definition) is 0. The van der Waals surface area contributed by atoms with Crippen LogP contribution < -0.4 is 0 Å². The van der Waals surface area contributed by atoms with E-state index in [0.29, 0.717) is 5.88 Å². The topological polar surface area (TPSA) is 0 Å². The van der Waals surface area contributed by atoms with Gasteiger partial charge >= 0.3 is 0 Å². The second-order valence-electron chi connectivity index (χ2n) is 5.39. The van der Waals surface area contributed by atoms with E-state index in [1.54, 1.807) is 0 Å². The molecule has 0 radical (unpaired) electrons. The predicted octanol–water partition coefficient (Wildman–Crippen LogP) is 6.27. The van der Waals surface area contributed by atoms with Crippen molar-refractivity contribution in [1.82, 2.24) is 0 Å². The van der Waals surface area contributed by atoms with E-state index in [9.17, 15) is 0 Å². The molecule has 114 valence electrons. The van der Waals surface area contributed by atoms with E-state index in [1.165, 1.54) is 27.8 Å². The highest BCUT2D eigenvalue weighted by atomic mass is 35.5. The maximum Gasteiger partial charge on any atom is 0.0264 e. The molecule has 0 atom stereocenters. The number of benzene rings is 3. The van der Waals surface area contributed by atoms with E-state index in [0.717, 1.165) is 6.42 Å². The van der Waals surface area contributed by atoms with Gasteiger partial charge in [-0.3, -0.25) is 0 Å². The van der Waals surface area contributed by atoms with Crippen molar-refractivity contribution in [3.05, 3.63) is 108 Å². The average molecular weight is 319 g/mol. The SMILES string of the molecule is ClCCC(=C(c1ccccc1)c1ccccc1)c1ccccc1. The van der Waals surface area contributed by atoms with Crippen molar-refractivity contribution < 1.29 is 0 Å². The maximum absolute atomic E-state index is 6.13. The van der Waals surface area contributed by atoms with Gasteiger partial charge in [0.2, 0.25) is 0 Å². The lowest BCUT2D eigenvalue weighted by Crippen LogP contribution is -1.96. The van der Waals surface area contributed by atoms with Crippen LogP contribution in [0.5, 0.6) is 0 Å². The third-order valence-electron chi connectivity index (χ3n) is 3.89. The Labute approximate surface area is 143 Å². The number of alkyl halides is 1. The average Bonchev–Trinajstić information content (AvgIpc) is 2.64. The number of halogens is 1. The van der Waals surface area contributed by atoms with Crippen LogP contribution in [0.15, 0.2) is 91.0 Å². The zero-order valence-electron chi connectivity index (χ0n) is 13.0. The lowest BCUT2D eigenvalue weighted by molar-refractivity contribution is 1.25. The fraction of sp³-hybridized carbons (Fsp3) is 0.0909. The normalized spacial score (nSPS) is 10.3. The van der Waals surface area contributed by atoms with E-state index in [2.05, 4.69) is 84.9 Å². The van der Waals surface area contributed by atoms with Crippen molar-refractivity contribution >= 4 is 22.7 Å². The molecular formula is C22H19Cl. The third kappa shape index (κ3) is 3.72. The molecule has 3 aromatic rings. The molecule has 23 heavy (non-hydrogen) atoms. The van der Waals surface area contributed by atoms with Gasteiger partial charge in [-0.1, -0.05) is 91.0 Å². The first-order valence-corrected chi connectivity index (χ1v) is 8.39. The highest BCUT2D eigenvalue weighted by molar-refractivity contribution is 6.18. The van der Waals surface area contributed by atoms with Crippen molar-refractivity contribution in [2.45, 2.75) is 6.42 Å². The molecule has 0 fully saturated rings. The Morgan fingerprint density at radius 2 is 0.957 bits per heavy atom. The Kier molecular flexibility index (Phi) is 5.29. The summed E-state index contributed by atoms with van der Waals surface area (Å²) in [6.07, 6.45) is 0.838. The van der Waals surface area contributed by atoms with Gasteiger partial charge in [0.1, 0.15) is 0 Å². The van der Waals surface area contributed by atoms with E-state index < -0.39 is 0 Å². The van der Waals surface area contributed by atoms with Crippen molar-refractivity contribution in [3.8, 4) is 0 Å². The minimum Gasteiger partial charge on any atom is -0.126 e. The van der Waals surface area contributed by atoms with Crippen LogP contribution in [0, 0.1) is 0 Å². The smallest absolute Gasteiger partial charge is 0.0264 e. The summed E-state index contributed by atoms with van der Waals surface area (Å²) < 4.78 is 0. The molecule has 0 aliphatic carbocycles. The van der Waals surface area contributed by atoms with E-state index in [-0.39, 0.29) is 0 Å². The fourth-order valence-corrected chi connectivity index (χ4v) is 3.06. The van der Waals surface area contributed by atoms with Crippen LogP contribution in [0.1, 0.15) is 23.1 Å². The van der Waals surface area contributed by atoms with Crippen molar-refractivity contribution in [2.75, 3.05) is 5.88 Å². The summed E-state index contributed by atoms with van der Waals surface area (Å²) in [7, 11) is 0. The van der Waals surface area contributed by atoms with Gasteiger partial charge in [-0.05, 0) is 34.3 Å². The molecule has 0 saturated heterocycles. The van der Waals surface area contributed by atoms with Crippen molar-refractivity contribution in [3.63, 3.8) is 0 Å². The molecule has 0 amide bonds. The van der Waals surface area contributed by atoms with Crippen LogP contribution in [0.3, 0.4) is 0 Å². The summed E-state index contributed by atoms with van der Waals surface area (Å²) in [6, 6.07) is 31.6. The van der Waals surface area contributed by atoms with E-state index >= 15 is 0 Å². The van der Waals surface area contributed by atoms with Crippen LogP contribution in [-0.4, -0.2) is 5.88 Å². The first kappa shape index (κ1) is 15.6. The molecule has 0 unspecified atom stereocenters. The van der Waals surface area contributed by atoms with Gasteiger partial charge in [-0.15, -0.1) is 11.6 Å². The Balaban J connectivity index is 2.27. The monoisotopic (exact) mass is 318 g/mol. The Morgan fingerprint density at radius 3 is 1.35 bits per heavy atom.